The Balaban J connectivity index is 3.20. The number of aryl methyl sites for hydroxylation is 3. The maximum atomic E-state index is 13.3. The highest BCUT2D eigenvalue weighted by Gasteiger charge is 2.10. The first-order valence-corrected chi connectivity index (χ1v) is 4.99. The van der Waals surface area contributed by atoms with Crippen LogP contribution in [-0.4, -0.2) is 13.1 Å². The molecule has 0 atom stereocenters. The van der Waals surface area contributed by atoms with Gasteiger partial charge in [-0.15, -0.1) is 0 Å². The first-order chi connectivity index (χ1) is 7.45. The summed E-state index contributed by atoms with van der Waals surface area (Å²) >= 11 is 0. The standard InChI is InChI=1S/C13H15FO2/c1-8-5-9(2)11(10(3)6-8)7-12(14)13(15)16-4/h5-7H,1-4H3/b12-7-. The van der Waals surface area contributed by atoms with Gasteiger partial charge in [0.05, 0.1) is 7.11 Å². The van der Waals surface area contributed by atoms with Crippen molar-refractivity contribution < 1.29 is 13.9 Å². The quantitative estimate of drug-likeness (QED) is 0.567. The van der Waals surface area contributed by atoms with Gasteiger partial charge in [-0.3, -0.25) is 0 Å². The van der Waals surface area contributed by atoms with E-state index >= 15 is 0 Å². The van der Waals surface area contributed by atoms with Gasteiger partial charge in [0.15, 0.2) is 0 Å². The molecule has 0 saturated heterocycles. The Labute approximate surface area is 94.7 Å². The molecule has 0 spiro atoms. The van der Waals surface area contributed by atoms with E-state index in [0.717, 1.165) is 29.4 Å². The van der Waals surface area contributed by atoms with E-state index in [1.54, 1.807) is 0 Å². The Kier molecular flexibility index (Phi) is 3.82. The van der Waals surface area contributed by atoms with Crippen LogP contribution in [0.4, 0.5) is 4.39 Å². The first kappa shape index (κ1) is 12.4. The Morgan fingerprint density at radius 2 is 1.75 bits per heavy atom. The van der Waals surface area contributed by atoms with Crippen LogP contribution in [0.1, 0.15) is 22.3 Å². The van der Waals surface area contributed by atoms with Crippen molar-refractivity contribution in [1.82, 2.24) is 0 Å². The third-order valence-electron chi connectivity index (χ3n) is 2.39. The topological polar surface area (TPSA) is 26.3 Å². The average molecular weight is 222 g/mol. The van der Waals surface area contributed by atoms with Gasteiger partial charge in [0.1, 0.15) is 0 Å². The molecule has 1 aromatic carbocycles. The molecule has 3 heteroatoms. The average Bonchev–Trinajstić information content (AvgIpc) is 2.21. The fraction of sp³-hybridized carbons (Fsp3) is 0.308. The lowest BCUT2D eigenvalue weighted by molar-refractivity contribution is -0.137. The molecule has 0 bridgehead atoms. The predicted molar refractivity (Wildman–Crippen MR) is 61.8 cm³/mol. The van der Waals surface area contributed by atoms with Crippen LogP contribution in [0.3, 0.4) is 0 Å². The van der Waals surface area contributed by atoms with Gasteiger partial charge in [0, 0.05) is 0 Å². The van der Waals surface area contributed by atoms with E-state index < -0.39 is 11.8 Å². The molecule has 16 heavy (non-hydrogen) atoms. The smallest absolute Gasteiger partial charge is 0.366 e. The van der Waals surface area contributed by atoms with Gasteiger partial charge in [0.2, 0.25) is 5.83 Å². The lowest BCUT2D eigenvalue weighted by atomic mass is 9.99. The van der Waals surface area contributed by atoms with Crippen LogP contribution in [0.2, 0.25) is 0 Å². The van der Waals surface area contributed by atoms with E-state index in [-0.39, 0.29) is 0 Å². The molecule has 0 N–H and O–H groups in total. The van der Waals surface area contributed by atoms with Crippen molar-refractivity contribution in [3.05, 3.63) is 40.2 Å². The van der Waals surface area contributed by atoms with E-state index in [1.165, 1.54) is 6.08 Å². The molecule has 1 rings (SSSR count). The molecular weight excluding hydrogens is 207 g/mol. The third kappa shape index (κ3) is 2.69. The van der Waals surface area contributed by atoms with Crippen LogP contribution < -0.4 is 0 Å². The van der Waals surface area contributed by atoms with Gasteiger partial charge >= 0.3 is 5.97 Å². The normalized spacial score (nSPS) is 11.4. The maximum Gasteiger partial charge on any atom is 0.366 e. The monoisotopic (exact) mass is 222 g/mol. The minimum Gasteiger partial charge on any atom is -0.464 e. The van der Waals surface area contributed by atoms with Crippen molar-refractivity contribution in [2.45, 2.75) is 20.8 Å². The molecule has 0 fully saturated rings. The summed E-state index contributed by atoms with van der Waals surface area (Å²) in [6.07, 6.45) is 1.22. The van der Waals surface area contributed by atoms with Gasteiger partial charge < -0.3 is 4.74 Å². The van der Waals surface area contributed by atoms with Gasteiger partial charge in [-0.25, -0.2) is 4.79 Å². The van der Waals surface area contributed by atoms with E-state index in [2.05, 4.69) is 4.74 Å². The number of methoxy groups -OCH3 is 1. The number of benzene rings is 1. The molecule has 0 aliphatic rings. The van der Waals surface area contributed by atoms with E-state index in [9.17, 15) is 9.18 Å². The molecule has 0 aliphatic heterocycles. The fourth-order valence-corrected chi connectivity index (χ4v) is 1.70. The van der Waals surface area contributed by atoms with Crippen LogP contribution in [0.25, 0.3) is 6.08 Å². The number of hydrogen-bond donors (Lipinski definition) is 0. The second-order valence-corrected chi connectivity index (χ2v) is 3.80. The van der Waals surface area contributed by atoms with Gasteiger partial charge in [-0.2, -0.15) is 4.39 Å². The summed E-state index contributed by atoms with van der Waals surface area (Å²) < 4.78 is 17.6. The molecule has 0 aliphatic carbocycles. The largest absolute Gasteiger partial charge is 0.464 e. The summed E-state index contributed by atoms with van der Waals surface area (Å²) in [6, 6.07) is 3.90. The predicted octanol–water partition coefficient (Wildman–Crippen LogP) is 3.10. The van der Waals surface area contributed by atoms with Crippen LogP contribution in [0.5, 0.6) is 0 Å². The number of hydrogen-bond acceptors (Lipinski definition) is 2. The van der Waals surface area contributed by atoms with Crippen molar-refractivity contribution in [2.75, 3.05) is 7.11 Å². The Morgan fingerprint density at radius 3 is 2.19 bits per heavy atom. The fourth-order valence-electron chi connectivity index (χ4n) is 1.70. The number of esters is 1. The Bertz CT molecular complexity index is 424. The second kappa shape index (κ2) is 4.92. The SMILES string of the molecule is COC(=O)/C(F)=C/c1c(C)cc(C)cc1C. The third-order valence-corrected chi connectivity index (χ3v) is 2.39. The number of halogens is 1. The van der Waals surface area contributed by atoms with Gasteiger partial charge in [-0.05, 0) is 43.5 Å². The highest BCUT2D eigenvalue weighted by Crippen LogP contribution is 2.20. The van der Waals surface area contributed by atoms with E-state index in [1.807, 2.05) is 32.9 Å². The number of carbonyl (C=O) groups excluding carboxylic acids is 1. The highest BCUT2D eigenvalue weighted by atomic mass is 19.1. The summed E-state index contributed by atoms with van der Waals surface area (Å²) in [7, 11) is 1.16. The Hall–Kier alpha value is -1.64. The summed E-state index contributed by atoms with van der Waals surface area (Å²) in [5.74, 6) is -1.82. The van der Waals surface area contributed by atoms with Gasteiger partial charge in [0.25, 0.3) is 0 Å². The summed E-state index contributed by atoms with van der Waals surface area (Å²) in [6.45, 7) is 5.75. The first-order valence-electron chi connectivity index (χ1n) is 4.99. The van der Waals surface area contributed by atoms with Crippen molar-refractivity contribution in [1.29, 1.82) is 0 Å². The van der Waals surface area contributed by atoms with E-state index in [0.29, 0.717) is 0 Å². The van der Waals surface area contributed by atoms with Crippen LogP contribution in [0.15, 0.2) is 18.0 Å². The van der Waals surface area contributed by atoms with Crippen LogP contribution in [-0.2, 0) is 9.53 Å². The number of carbonyl (C=O) groups is 1. The van der Waals surface area contributed by atoms with E-state index in [4.69, 9.17) is 0 Å². The lowest BCUT2D eigenvalue weighted by Gasteiger charge is -2.07. The van der Waals surface area contributed by atoms with Crippen LogP contribution >= 0.6 is 0 Å². The molecule has 0 heterocycles. The molecule has 0 radical (unpaired) electrons. The van der Waals surface area contributed by atoms with Crippen LogP contribution in [0, 0.1) is 20.8 Å². The summed E-state index contributed by atoms with van der Waals surface area (Å²) in [5, 5.41) is 0. The Morgan fingerprint density at radius 1 is 1.25 bits per heavy atom. The zero-order chi connectivity index (χ0) is 12.3. The van der Waals surface area contributed by atoms with Crippen molar-refractivity contribution in [3.63, 3.8) is 0 Å². The highest BCUT2D eigenvalue weighted by molar-refractivity contribution is 5.91. The molecule has 2 nitrogen and oxygen atoms in total. The van der Waals surface area contributed by atoms with Crippen molar-refractivity contribution in [2.24, 2.45) is 0 Å². The summed E-state index contributed by atoms with van der Waals surface area (Å²) in [4.78, 5) is 10.9. The molecule has 1 aromatic rings. The number of rotatable bonds is 2. The van der Waals surface area contributed by atoms with Crippen molar-refractivity contribution >= 4 is 12.0 Å². The molecular formula is C13H15FO2. The van der Waals surface area contributed by atoms with Crippen molar-refractivity contribution in [3.8, 4) is 0 Å². The zero-order valence-electron chi connectivity index (χ0n) is 9.93. The molecule has 0 saturated carbocycles. The second-order valence-electron chi connectivity index (χ2n) is 3.80. The molecule has 0 amide bonds. The minimum atomic E-state index is -0.945. The van der Waals surface area contributed by atoms with Gasteiger partial charge in [-0.1, -0.05) is 17.7 Å². The zero-order valence-corrected chi connectivity index (χ0v) is 9.93. The minimum absolute atomic E-state index is 0.730. The number of ether oxygens (including phenoxy) is 1. The molecule has 0 unspecified atom stereocenters. The lowest BCUT2D eigenvalue weighted by Crippen LogP contribution is -2.01. The molecule has 0 aromatic heterocycles. The summed E-state index contributed by atoms with van der Waals surface area (Å²) in [5.41, 5.74) is 3.73. The molecule has 86 valence electrons. The maximum absolute atomic E-state index is 13.3.